The van der Waals surface area contributed by atoms with Crippen LogP contribution in [-0.4, -0.2) is 49.3 Å². The Balaban J connectivity index is 1.82. The van der Waals surface area contributed by atoms with E-state index in [0.29, 0.717) is 36.0 Å². The van der Waals surface area contributed by atoms with Gasteiger partial charge in [0.2, 0.25) is 5.91 Å². The van der Waals surface area contributed by atoms with Crippen LogP contribution in [0.3, 0.4) is 0 Å². The number of aliphatic hydroxyl groups is 1. The molecule has 1 amide bonds. The number of nitrogens with one attached hydrogen (secondary N) is 1. The molecule has 1 saturated heterocycles. The zero-order valence-electron chi connectivity index (χ0n) is 12.3. The normalized spacial score (nSPS) is 18.7. The molecule has 1 atom stereocenters. The van der Waals surface area contributed by atoms with Gasteiger partial charge in [-0.05, 0) is 31.0 Å². The molecule has 0 bridgehead atoms. The number of carbonyl (C=O) groups excluding carboxylic acids is 1. The quantitative estimate of drug-likeness (QED) is 0.679. The lowest BCUT2D eigenvalue weighted by Gasteiger charge is -2.16. The predicted octanol–water partition coefficient (Wildman–Crippen LogP) is 0.920. The first-order valence-electron chi connectivity index (χ1n) is 7.19. The van der Waals surface area contributed by atoms with Crippen LogP contribution in [0.1, 0.15) is 12.8 Å². The summed E-state index contributed by atoms with van der Waals surface area (Å²) in [5.41, 5.74) is 6.91. The Morgan fingerprint density at radius 1 is 1.57 bits per heavy atom. The molecule has 0 aromatic heterocycles. The fraction of sp³-hybridized carbons (Fsp3) is 0.533. The van der Waals surface area contributed by atoms with Gasteiger partial charge in [-0.2, -0.15) is 0 Å². The van der Waals surface area contributed by atoms with Crippen molar-refractivity contribution < 1.29 is 14.6 Å². The highest BCUT2D eigenvalue weighted by atomic mass is 16.5. The van der Waals surface area contributed by atoms with E-state index in [1.807, 2.05) is 0 Å². The number of aliphatic hydroxyl groups excluding tert-OH is 1. The highest BCUT2D eigenvalue weighted by Crippen LogP contribution is 2.26. The molecule has 6 nitrogen and oxygen atoms in total. The Hall–Kier alpha value is -1.79. The van der Waals surface area contributed by atoms with E-state index < -0.39 is 0 Å². The fourth-order valence-electron chi connectivity index (χ4n) is 2.55. The van der Waals surface area contributed by atoms with Gasteiger partial charge >= 0.3 is 0 Å². The van der Waals surface area contributed by atoms with Crippen molar-refractivity contribution in [2.24, 2.45) is 5.92 Å². The second-order valence-corrected chi connectivity index (χ2v) is 5.40. The van der Waals surface area contributed by atoms with E-state index in [1.54, 1.807) is 25.3 Å². The summed E-state index contributed by atoms with van der Waals surface area (Å²) in [6.45, 7) is 2.75. The molecule has 1 aliphatic heterocycles. The maximum absolute atomic E-state index is 12.0. The molecule has 1 heterocycles. The fourth-order valence-corrected chi connectivity index (χ4v) is 2.55. The van der Waals surface area contributed by atoms with Gasteiger partial charge in [0, 0.05) is 37.9 Å². The van der Waals surface area contributed by atoms with Crippen molar-refractivity contribution in [3.8, 4) is 5.75 Å². The molecular weight excluding hydrogens is 270 g/mol. The van der Waals surface area contributed by atoms with Gasteiger partial charge in [0.25, 0.3) is 0 Å². The molecule has 0 aliphatic carbocycles. The summed E-state index contributed by atoms with van der Waals surface area (Å²) in [4.78, 5) is 14.2. The lowest BCUT2D eigenvalue weighted by atomic mass is 10.1. The molecule has 0 spiro atoms. The minimum absolute atomic E-state index is 0.0504. The number of amides is 1. The third-order valence-corrected chi connectivity index (χ3v) is 3.78. The Bertz CT molecular complexity index is 493. The van der Waals surface area contributed by atoms with Crippen molar-refractivity contribution in [3.05, 3.63) is 18.2 Å². The standard InChI is InChI=1S/C15H23N3O3/c1-21-14-8-12(16)2-3-13(14)17-15(20)5-7-18-6-4-11(9-18)10-19/h2-3,8,11,19H,4-7,9-10,16H2,1H3,(H,17,20). The van der Waals surface area contributed by atoms with Crippen LogP contribution < -0.4 is 15.8 Å². The van der Waals surface area contributed by atoms with Crippen molar-refractivity contribution >= 4 is 17.3 Å². The van der Waals surface area contributed by atoms with E-state index in [4.69, 9.17) is 15.6 Å². The average Bonchev–Trinajstić information content (AvgIpc) is 2.95. The Labute approximate surface area is 124 Å². The smallest absolute Gasteiger partial charge is 0.225 e. The monoisotopic (exact) mass is 293 g/mol. The molecule has 0 radical (unpaired) electrons. The van der Waals surface area contributed by atoms with E-state index in [0.717, 1.165) is 19.5 Å². The minimum atomic E-state index is -0.0504. The van der Waals surface area contributed by atoms with Crippen molar-refractivity contribution in [3.63, 3.8) is 0 Å². The minimum Gasteiger partial charge on any atom is -0.494 e. The SMILES string of the molecule is COc1cc(N)ccc1NC(=O)CCN1CCC(CO)C1. The van der Waals surface area contributed by atoms with Gasteiger partial charge in [0.1, 0.15) is 5.75 Å². The molecule has 21 heavy (non-hydrogen) atoms. The summed E-state index contributed by atoms with van der Waals surface area (Å²) in [5.74, 6) is 0.862. The van der Waals surface area contributed by atoms with Gasteiger partial charge in [-0.15, -0.1) is 0 Å². The van der Waals surface area contributed by atoms with E-state index >= 15 is 0 Å². The third-order valence-electron chi connectivity index (χ3n) is 3.78. The number of hydrogen-bond acceptors (Lipinski definition) is 5. The molecule has 1 aromatic carbocycles. The van der Waals surface area contributed by atoms with Crippen molar-refractivity contribution in [2.75, 3.05) is 44.4 Å². The number of carbonyl (C=O) groups is 1. The van der Waals surface area contributed by atoms with Gasteiger partial charge in [-0.25, -0.2) is 0 Å². The third kappa shape index (κ3) is 4.34. The van der Waals surface area contributed by atoms with Gasteiger partial charge in [0.15, 0.2) is 0 Å². The van der Waals surface area contributed by atoms with Crippen LogP contribution in [0, 0.1) is 5.92 Å². The molecule has 1 aliphatic rings. The van der Waals surface area contributed by atoms with Gasteiger partial charge in [0.05, 0.1) is 12.8 Å². The van der Waals surface area contributed by atoms with Crippen LogP contribution in [-0.2, 0) is 4.79 Å². The van der Waals surface area contributed by atoms with Crippen molar-refractivity contribution in [2.45, 2.75) is 12.8 Å². The van der Waals surface area contributed by atoms with Crippen LogP contribution in [0.5, 0.6) is 5.75 Å². The topological polar surface area (TPSA) is 87.8 Å². The number of nitrogens with zero attached hydrogens (tertiary/aromatic N) is 1. The first-order chi connectivity index (χ1) is 10.1. The van der Waals surface area contributed by atoms with E-state index in [2.05, 4.69) is 10.2 Å². The number of benzene rings is 1. The van der Waals surface area contributed by atoms with Crippen LogP contribution in [0.15, 0.2) is 18.2 Å². The molecule has 116 valence electrons. The summed E-state index contributed by atoms with van der Waals surface area (Å²) >= 11 is 0. The van der Waals surface area contributed by atoms with Crippen LogP contribution in [0.4, 0.5) is 11.4 Å². The van der Waals surface area contributed by atoms with Crippen molar-refractivity contribution in [1.29, 1.82) is 0 Å². The Morgan fingerprint density at radius 2 is 2.38 bits per heavy atom. The van der Waals surface area contributed by atoms with E-state index in [-0.39, 0.29) is 12.5 Å². The van der Waals surface area contributed by atoms with E-state index in [9.17, 15) is 4.79 Å². The summed E-state index contributed by atoms with van der Waals surface area (Å²) < 4.78 is 5.20. The second-order valence-electron chi connectivity index (χ2n) is 5.40. The summed E-state index contributed by atoms with van der Waals surface area (Å²) in [6, 6.07) is 5.15. The molecule has 1 fully saturated rings. The van der Waals surface area contributed by atoms with E-state index in [1.165, 1.54) is 0 Å². The first kappa shape index (κ1) is 15.6. The highest BCUT2D eigenvalue weighted by molar-refractivity contribution is 5.92. The number of ether oxygens (including phenoxy) is 1. The number of hydrogen-bond donors (Lipinski definition) is 3. The lowest BCUT2D eigenvalue weighted by molar-refractivity contribution is -0.116. The number of likely N-dealkylation sites (tertiary alicyclic amines) is 1. The molecule has 0 saturated carbocycles. The summed E-state index contributed by atoms with van der Waals surface area (Å²) in [7, 11) is 1.55. The Morgan fingerprint density at radius 3 is 3.05 bits per heavy atom. The predicted molar refractivity (Wildman–Crippen MR) is 82.3 cm³/mol. The zero-order valence-corrected chi connectivity index (χ0v) is 12.3. The molecular formula is C15H23N3O3. The van der Waals surface area contributed by atoms with Gasteiger partial charge < -0.3 is 25.8 Å². The molecule has 4 N–H and O–H groups in total. The Kier molecular flexibility index (Phi) is 5.41. The zero-order chi connectivity index (χ0) is 15.2. The van der Waals surface area contributed by atoms with Crippen LogP contribution >= 0.6 is 0 Å². The second kappa shape index (κ2) is 7.28. The number of nitrogen functional groups attached to an aromatic ring is 1. The molecule has 6 heteroatoms. The molecule has 1 unspecified atom stereocenters. The maximum Gasteiger partial charge on any atom is 0.225 e. The summed E-state index contributed by atoms with van der Waals surface area (Å²) in [6.07, 6.45) is 1.43. The van der Waals surface area contributed by atoms with Gasteiger partial charge in [-0.1, -0.05) is 0 Å². The van der Waals surface area contributed by atoms with Crippen LogP contribution in [0.25, 0.3) is 0 Å². The number of rotatable bonds is 6. The number of methoxy groups -OCH3 is 1. The van der Waals surface area contributed by atoms with Crippen molar-refractivity contribution in [1.82, 2.24) is 4.90 Å². The maximum atomic E-state index is 12.0. The highest BCUT2D eigenvalue weighted by Gasteiger charge is 2.21. The average molecular weight is 293 g/mol. The first-order valence-corrected chi connectivity index (χ1v) is 7.19. The summed E-state index contributed by atoms with van der Waals surface area (Å²) in [5, 5.41) is 11.9. The molecule has 1 aromatic rings. The van der Waals surface area contributed by atoms with Crippen LogP contribution in [0.2, 0.25) is 0 Å². The number of nitrogens with two attached hydrogens (primary N) is 1. The lowest BCUT2D eigenvalue weighted by Crippen LogP contribution is -2.26. The largest absolute Gasteiger partial charge is 0.494 e. The number of anilines is 2. The van der Waals surface area contributed by atoms with Gasteiger partial charge in [-0.3, -0.25) is 4.79 Å². The molecule has 2 rings (SSSR count).